The normalized spacial score (nSPS) is 10.3. The fraction of sp³-hybridized carbons (Fsp3) is 0.143. The fourth-order valence-corrected chi connectivity index (χ4v) is 3.38. The predicted octanol–water partition coefficient (Wildman–Crippen LogP) is 4.20. The van der Waals surface area contributed by atoms with Crippen LogP contribution in [0.3, 0.4) is 0 Å². The zero-order valence-corrected chi connectivity index (χ0v) is 15.3. The summed E-state index contributed by atoms with van der Waals surface area (Å²) in [5.74, 6) is -0.251. The number of amides is 2. The van der Waals surface area contributed by atoms with E-state index in [2.05, 4.69) is 5.32 Å². The van der Waals surface area contributed by atoms with Crippen LogP contribution in [0.5, 0.6) is 0 Å². The number of nitrogens with zero attached hydrogens (tertiary/aromatic N) is 1. The molecule has 0 fully saturated rings. The molecule has 4 nitrogen and oxygen atoms in total. The third-order valence-electron chi connectivity index (χ3n) is 3.96. The number of rotatable bonds is 6. The molecule has 2 amide bonds. The van der Waals surface area contributed by atoms with Crippen LogP contribution in [0.1, 0.15) is 20.8 Å². The van der Waals surface area contributed by atoms with E-state index in [1.54, 1.807) is 41.5 Å². The minimum atomic E-state index is -0.126. The van der Waals surface area contributed by atoms with Gasteiger partial charge in [0.15, 0.2) is 0 Å². The van der Waals surface area contributed by atoms with Crippen molar-refractivity contribution in [3.63, 3.8) is 0 Å². The summed E-state index contributed by atoms with van der Waals surface area (Å²) in [6.45, 7) is 0.511. The van der Waals surface area contributed by atoms with Gasteiger partial charge in [-0.25, -0.2) is 0 Å². The monoisotopic (exact) mass is 364 g/mol. The van der Waals surface area contributed by atoms with Gasteiger partial charge in [0.1, 0.15) is 0 Å². The Hall–Kier alpha value is -2.92. The first kappa shape index (κ1) is 17.9. The Bertz CT molecular complexity index is 876. The first-order valence-corrected chi connectivity index (χ1v) is 9.22. The molecule has 0 unspecified atom stereocenters. The maximum absolute atomic E-state index is 12.8. The molecule has 5 heteroatoms. The van der Waals surface area contributed by atoms with Crippen molar-refractivity contribution in [1.29, 1.82) is 0 Å². The van der Waals surface area contributed by atoms with Crippen LogP contribution in [0, 0.1) is 0 Å². The number of hydrogen-bond donors (Lipinski definition) is 1. The highest BCUT2D eigenvalue weighted by Gasteiger charge is 2.17. The van der Waals surface area contributed by atoms with Crippen LogP contribution in [0.15, 0.2) is 72.1 Å². The molecule has 0 saturated heterocycles. The van der Waals surface area contributed by atoms with Gasteiger partial charge in [-0.2, -0.15) is 0 Å². The minimum absolute atomic E-state index is 0.124. The van der Waals surface area contributed by atoms with E-state index in [0.717, 1.165) is 10.4 Å². The third kappa shape index (κ3) is 4.58. The zero-order chi connectivity index (χ0) is 18.4. The number of carbonyl (C=O) groups is 2. The van der Waals surface area contributed by atoms with E-state index >= 15 is 0 Å². The van der Waals surface area contributed by atoms with Crippen molar-refractivity contribution in [2.75, 3.05) is 12.4 Å². The molecule has 0 atom stereocenters. The van der Waals surface area contributed by atoms with Crippen molar-refractivity contribution in [2.45, 2.75) is 13.0 Å². The number of hydrogen-bond acceptors (Lipinski definition) is 3. The number of nitrogens with one attached hydrogen (secondary N) is 1. The van der Waals surface area contributed by atoms with Crippen molar-refractivity contribution in [1.82, 2.24) is 4.90 Å². The molecular formula is C21H20N2O2S. The lowest BCUT2D eigenvalue weighted by Gasteiger charge is -2.19. The first-order chi connectivity index (χ1) is 12.6. The number of carbonyl (C=O) groups excluding carboxylic acids is 2. The van der Waals surface area contributed by atoms with Gasteiger partial charge >= 0.3 is 0 Å². The van der Waals surface area contributed by atoms with Crippen LogP contribution < -0.4 is 5.32 Å². The largest absolute Gasteiger partial charge is 0.337 e. The van der Waals surface area contributed by atoms with Crippen LogP contribution >= 0.6 is 11.3 Å². The molecular weight excluding hydrogens is 344 g/mol. The molecule has 0 radical (unpaired) electrons. The Balaban J connectivity index is 1.71. The molecule has 0 bridgehead atoms. The Morgan fingerprint density at radius 1 is 0.962 bits per heavy atom. The van der Waals surface area contributed by atoms with Gasteiger partial charge in [0.2, 0.25) is 5.91 Å². The number of anilines is 1. The van der Waals surface area contributed by atoms with Crippen molar-refractivity contribution < 1.29 is 9.59 Å². The van der Waals surface area contributed by atoms with Crippen molar-refractivity contribution in [2.24, 2.45) is 0 Å². The molecule has 1 heterocycles. The number of benzene rings is 2. The molecule has 132 valence electrons. The van der Waals surface area contributed by atoms with Crippen LogP contribution in [0.2, 0.25) is 0 Å². The maximum Gasteiger partial charge on any atom is 0.256 e. The molecule has 0 spiro atoms. The van der Waals surface area contributed by atoms with E-state index in [-0.39, 0.29) is 11.8 Å². The summed E-state index contributed by atoms with van der Waals surface area (Å²) in [4.78, 5) is 27.8. The van der Waals surface area contributed by atoms with Gasteiger partial charge in [-0.3, -0.25) is 9.59 Å². The highest BCUT2D eigenvalue weighted by molar-refractivity contribution is 7.10. The van der Waals surface area contributed by atoms with Crippen LogP contribution in [-0.4, -0.2) is 23.8 Å². The van der Waals surface area contributed by atoms with Gasteiger partial charge in [-0.1, -0.05) is 48.5 Å². The lowest BCUT2D eigenvalue weighted by atomic mass is 10.1. The second-order valence-electron chi connectivity index (χ2n) is 6.00. The molecule has 1 aromatic heterocycles. The van der Waals surface area contributed by atoms with Crippen molar-refractivity contribution >= 4 is 28.8 Å². The molecule has 26 heavy (non-hydrogen) atoms. The van der Waals surface area contributed by atoms with E-state index < -0.39 is 0 Å². The molecule has 0 aliphatic carbocycles. The standard InChI is InChI=1S/C21H20N2O2S/c1-23(15-16-8-3-2-4-9-16)21(25)18-11-5-6-12-19(18)22-20(24)14-17-10-7-13-26-17/h2-13H,14-15H2,1H3,(H,22,24). The molecule has 3 aromatic rings. The predicted molar refractivity (Wildman–Crippen MR) is 105 cm³/mol. The smallest absolute Gasteiger partial charge is 0.256 e. The average Bonchev–Trinajstić information content (AvgIpc) is 3.15. The van der Waals surface area contributed by atoms with Crippen molar-refractivity contribution in [3.8, 4) is 0 Å². The second-order valence-corrected chi connectivity index (χ2v) is 7.03. The quantitative estimate of drug-likeness (QED) is 0.713. The topological polar surface area (TPSA) is 49.4 Å². The summed E-state index contributed by atoms with van der Waals surface area (Å²) in [6, 6.07) is 20.8. The maximum atomic E-state index is 12.8. The second kappa shape index (κ2) is 8.45. The molecule has 3 rings (SSSR count). The van der Waals surface area contributed by atoms with Gasteiger partial charge in [0, 0.05) is 18.5 Å². The molecule has 2 aromatic carbocycles. The van der Waals surface area contributed by atoms with E-state index in [1.165, 1.54) is 0 Å². The van der Waals surface area contributed by atoms with Crippen LogP contribution in [0.4, 0.5) is 5.69 Å². The zero-order valence-electron chi connectivity index (χ0n) is 14.5. The van der Waals surface area contributed by atoms with Crippen LogP contribution in [0.25, 0.3) is 0 Å². The van der Waals surface area contributed by atoms with E-state index in [0.29, 0.717) is 24.2 Å². The van der Waals surface area contributed by atoms with Gasteiger partial charge in [0.05, 0.1) is 17.7 Å². The highest BCUT2D eigenvalue weighted by atomic mass is 32.1. The minimum Gasteiger partial charge on any atom is -0.337 e. The van der Waals surface area contributed by atoms with E-state index in [9.17, 15) is 9.59 Å². The summed E-state index contributed by atoms with van der Waals surface area (Å²) in [5, 5.41) is 4.81. The lowest BCUT2D eigenvalue weighted by Crippen LogP contribution is -2.27. The van der Waals surface area contributed by atoms with Gasteiger partial charge in [0.25, 0.3) is 5.91 Å². The first-order valence-electron chi connectivity index (χ1n) is 8.34. The summed E-state index contributed by atoms with van der Waals surface area (Å²) in [6.07, 6.45) is 0.306. The Morgan fingerprint density at radius 2 is 1.69 bits per heavy atom. The molecule has 0 aliphatic rings. The molecule has 0 saturated carbocycles. The third-order valence-corrected chi connectivity index (χ3v) is 4.83. The van der Waals surface area contributed by atoms with Crippen LogP contribution in [-0.2, 0) is 17.8 Å². The van der Waals surface area contributed by atoms with Gasteiger partial charge in [-0.15, -0.1) is 11.3 Å². The van der Waals surface area contributed by atoms with E-state index in [4.69, 9.17) is 0 Å². The Labute approximate surface area is 157 Å². The van der Waals surface area contributed by atoms with E-state index in [1.807, 2.05) is 53.9 Å². The Kier molecular flexibility index (Phi) is 5.81. The SMILES string of the molecule is CN(Cc1ccccc1)C(=O)c1ccccc1NC(=O)Cc1cccs1. The lowest BCUT2D eigenvalue weighted by molar-refractivity contribution is -0.115. The summed E-state index contributed by atoms with van der Waals surface area (Å²) in [7, 11) is 1.76. The Morgan fingerprint density at radius 3 is 2.42 bits per heavy atom. The summed E-state index contributed by atoms with van der Waals surface area (Å²) < 4.78 is 0. The molecule has 0 aliphatic heterocycles. The highest BCUT2D eigenvalue weighted by Crippen LogP contribution is 2.19. The number of para-hydroxylation sites is 1. The average molecular weight is 364 g/mol. The number of thiophene rings is 1. The van der Waals surface area contributed by atoms with Gasteiger partial charge < -0.3 is 10.2 Å². The summed E-state index contributed by atoms with van der Waals surface area (Å²) >= 11 is 1.54. The summed E-state index contributed by atoms with van der Waals surface area (Å²) in [5.41, 5.74) is 2.09. The molecule has 1 N–H and O–H groups in total. The fourth-order valence-electron chi connectivity index (χ4n) is 2.68. The van der Waals surface area contributed by atoms with Gasteiger partial charge in [-0.05, 0) is 29.1 Å². The van der Waals surface area contributed by atoms with Crippen molar-refractivity contribution in [3.05, 3.63) is 88.1 Å².